The van der Waals surface area contributed by atoms with Crippen LogP contribution in [0.25, 0.3) is 0 Å². The number of urea groups is 1. The highest BCUT2D eigenvalue weighted by atomic mass is 19.1. The van der Waals surface area contributed by atoms with Gasteiger partial charge in [-0.3, -0.25) is 0 Å². The molecule has 4 nitrogen and oxygen atoms in total. The van der Waals surface area contributed by atoms with Gasteiger partial charge in [0.1, 0.15) is 17.2 Å². The van der Waals surface area contributed by atoms with Gasteiger partial charge in [-0.05, 0) is 25.0 Å². The van der Waals surface area contributed by atoms with Crippen molar-refractivity contribution in [2.75, 3.05) is 6.54 Å². The normalized spacial score (nSPS) is 21.3. The lowest BCUT2D eigenvalue weighted by Gasteiger charge is -2.24. The minimum atomic E-state index is -1.64. The van der Waals surface area contributed by atoms with E-state index in [1.165, 1.54) is 18.6 Å². The van der Waals surface area contributed by atoms with Crippen LogP contribution in [-0.2, 0) is 5.60 Å². The molecule has 0 spiro atoms. The summed E-state index contributed by atoms with van der Waals surface area (Å²) in [6.45, 7) is 1.18. The minimum absolute atomic E-state index is 0.0508. The first-order valence-electron chi connectivity index (χ1n) is 8.14. The van der Waals surface area contributed by atoms with Crippen LogP contribution in [0.2, 0.25) is 0 Å². The average Bonchev–Trinajstić information content (AvgIpc) is 3.33. The van der Waals surface area contributed by atoms with Gasteiger partial charge in [-0.15, -0.1) is 0 Å². The van der Waals surface area contributed by atoms with Gasteiger partial charge in [0.05, 0.1) is 6.54 Å². The summed E-state index contributed by atoms with van der Waals surface area (Å²) in [4.78, 5) is 12.0. The Morgan fingerprint density at radius 3 is 2.64 bits per heavy atom. The third-order valence-electron chi connectivity index (χ3n) is 4.44. The van der Waals surface area contributed by atoms with E-state index in [0.29, 0.717) is 12.0 Å². The Kier molecular flexibility index (Phi) is 4.72. The molecule has 3 N–H and O–H groups in total. The van der Waals surface area contributed by atoms with E-state index in [4.69, 9.17) is 0 Å². The van der Waals surface area contributed by atoms with Crippen molar-refractivity contribution in [3.05, 3.63) is 71.3 Å². The third kappa shape index (κ3) is 4.14. The highest BCUT2D eigenvalue weighted by Crippen LogP contribution is 2.40. The van der Waals surface area contributed by atoms with Crippen LogP contribution in [-0.4, -0.2) is 23.7 Å². The molecule has 25 heavy (non-hydrogen) atoms. The van der Waals surface area contributed by atoms with Crippen molar-refractivity contribution in [1.82, 2.24) is 10.6 Å². The number of aliphatic hydroxyl groups is 1. The topological polar surface area (TPSA) is 61.4 Å². The minimum Gasteiger partial charge on any atom is -0.383 e. The predicted octanol–water partition coefficient (Wildman–Crippen LogP) is 3.03. The van der Waals surface area contributed by atoms with Crippen molar-refractivity contribution in [2.45, 2.75) is 30.9 Å². The van der Waals surface area contributed by atoms with E-state index in [2.05, 4.69) is 10.6 Å². The molecule has 132 valence electrons. The Balaban J connectivity index is 1.52. The number of halogens is 2. The zero-order chi connectivity index (χ0) is 18.0. The molecule has 0 aromatic heterocycles. The average molecular weight is 346 g/mol. The maximum Gasteiger partial charge on any atom is 0.315 e. The molecule has 2 amide bonds. The Morgan fingerprint density at radius 2 is 1.96 bits per heavy atom. The van der Waals surface area contributed by atoms with Crippen molar-refractivity contribution >= 4 is 6.03 Å². The largest absolute Gasteiger partial charge is 0.383 e. The summed E-state index contributed by atoms with van der Waals surface area (Å²) in [6, 6.07) is 12.5. The number of hydrogen-bond acceptors (Lipinski definition) is 2. The lowest BCUT2D eigenvalue weighted by atomic mass is 9.95. The smallest absolute Gasteiger partial charge is 0.315 e. The first-order chi connectivity index (χ1) is 11.9. The van der Waals surface area contributed by atoms with Crippen LogP contribution in [0.15, 0.2) is 48.5 Å². The molecule has 3 rings (SSSR count). The van der Waals surface area contributed by atoms with Crippen molar-refractivity contribution in [3.63, 3.8) is 0 Å². The van der Waals surface area contributed by atoms with E-state index >= 15 is 0 Å². The number of hydrogen-bond donors (Lipinski definition) is 3. The molecule has 1 fully saturated rings. The fraction of sp³-hybridized carbons (Fsp3) is 0.316. The number of amides is 2. The fourth-order valence-electron chi connectivity index (χ4n) is 2.92. The summed E-state index contributed by atoms with van der Waals surface area (Å²) in [5.41, 5.74) is -0.534. The van der Waals surface area contributed by atoms with E-state index in [0.717, 1.165) is 12.5 Å². The SMILES string of the molecule is CC(O)(CNC(=O)NC1CC1c1ccccc1)c1ccc(F)cc1F. The molecule has 0 heterocycles. The third-order valence-corrected chi connectivity index (χ3v) is 4.44. The van der Waals surface area contributed by atoms with Gasteiger partial charge < -0.3 is 15.7 Å². The predicted molar refractivity (Wildman–Crippen MR) is 90.1 cm³/mol. The van der Waals surface area contributed by atoms with Crippen molar-refractivity contribution in [2.24, 2.45) is 0 Å². The number of benzene rings is 2. The quantitative estimate of drug-likeness (QED) is 0.779. The van der Waals surface area contributed by atoms with Crippen LogP contribution in [0, 0.1) is 11.6 Å². The fourth-order valence-corrected chi connectivity index (χ4v) is 2.92. The molecule has 1 aliphatic rings. The van der Waals surface area contributed by atoms with Gasteiger partial charge in [0.25, 0.3) is 0 Å². The van der Waals surface area contributed by atoms with Gasteiger partial charge in [0.2, 0.25) is 0 Å². The van der Waals surface area contributed by atoms with Gasteiger partial charge in [0, 0.05) is 23.6 Å². The summed E-state index contributed by atoms with van der Waals surface area (Å²) in [7, 11) is 0. The van der Waals surface area contributed by atoms with Crippen LogP contribution in [0.5, 0.6) is 0 Å². The summed E-state index contributed by atoms with van der Waals surface area (Å²) in [5.74, 6) is -1.27. The second-order valence-corrected chi connectivity index (χ2v) is 6.58. The van der Waals surface area contributed by atoms with Gasteiger partial charge >= 0.3 is 6.03 Å². The number of carbonyl (C=O) groups is 1. The zero-order valence-electron chi connectivity index (χ0n) is 13.8. The highest BCUT2D eigenvalue weighted by Gasteiger charge is 2.39. The Bertz CT molecular complexity index is 765. The van der Waals surface area contributed by atoms with Crippen LogP contribution in [0.4, 0.5) is 13.6 Å². The second-order valence-electron chi connectivity index (χ2n) is 6.58. The standard InChI is InChI=1S/C19H20F2N2O2/c1-19(25,15-8-7-13(20)9-16(15)21)11-22-18(24)23-17-10-14(17)12-5-3-2-4-6-12/h2-9,14,17,25H,10-11H2,1H3,(H2,22,23,24). The zero-order valence-corrected chi connectivity index (χ0v) is 13.8. The first kappa shape index (κ1) is 17.4. The number of rotatable bonds is 5. The van der Waals surface area contributed by atoms with Crippen molar-refractivity contribution < 1.29 is 18.7 Å². The van der Waals surface area contributed by atoms with Crippen molar-refractivity contribution in [1.29, 1.82) is 0 Å². The molecule has 3 atom stereocenters. The second kappa shape index (κ2) is 6.80. The summed E-state index contributed by atoms with van der Waals surface area (Å²) < 4.78 is 26.8. The number of carbonyl (C=O) groups excluding carboxylic acids is 1. The molecule has 0 bridgehead atoms. The van der Waals surface area contributed by atoms with E-state index in [1.54, 1.807) is 0 Å². The van der Waals surface area contributed by atoms with E-state index in [-0.39, 0.29) is 18.2 Å². The number of nitrogens with one attached hydrogen (secondary N) is 2. The highest BCUT2D eigenvalue weighted by molar-refractivity contribution is 5.75. The van der Waals surface area contributed by atoms with Gasteiger partial charge in [0.15, 0.2) is 0 Å². The van der Waals surface area contributed by atoms with Crippen LogP contribution in [0.3, 0.4) is 0 Å². The molecule has 1 saturated carbocycles. The maximum atomic E-state index is 13.8. The summed E-state index contributed by atoms with van der Waals surface area (Å²) >= 11 is 0. The molecule has 2 aromatic rings. The van der Waals surface area contributed by atoms with Gasteiger partial charge in [-0.1, -0.05) is 36.4 Å². The van der Waals surface area contributed by atoms with E-state index in [9.17, 15) is 18.7 Å². The lowest BCUT2D eigenvalue weighted by Crippen LogP contribution is -2.44. The first-order valence-corrected chi connectivity index (χ1v) is 8.14. The van der Waals surface area contributed by atoms with Gasteiger partial charge in [-0.25, -0.2) is 13.6 Å². The lowest BCUT2D eigenvalue weighted by molar-refractivity contribution is 0.0555. The van der Waals surface area contributed by atoms with E-state index in [1.807, 2.05) is 30.3 Å². The Hall–Kier alpha value is -2.47. The molecule has 0 saturated heterocycles. The molecular weight excluding hydrogens is 326 g/mol. The molecular formula is C19H20F2N2O2. The molecule has 0 aliphatic heterocycles. The molecule has 6 heteroatoms. The maximum absolute atomic E-state index is 13.8. The van der Waals surface area contributed by atoms with Crippen LogP contribution < -0.4 is 10.6 Å². The van der Waals surface area contributed by atoms with Crippen molar-refractivity contribution in [3.8, 4) is 0 Å². The molecule has 3 unspecified atom stereocenters. The molecule has 1 aliphatic carbocycles. The molecule has 2 aromatic carbocycles. The molecule has 0 radical (unpaired) electrons. The van der Waals surface area contributed by atoms with Crippen LogP contribution in [0.1, 0.15) is 30.4 Å². The van der Waals surface area contributed by atoms with Gasteiger partial charge in [-0.2, -0.15) is 0 Å². The monoisotopic (exact) mass is 346 g/mol. The van der Waals surface area contributed by atoms with Crippen LogP contribution >= 0.6 is 0 Å². The Morgan fingerprint density at radius 1 is 1.24 bits per heavy atom. The summed E-state index contributed by atoms with van der Waals surface area (Å²) in [5, 5.41) is 15.8. The van der Waals surface area contributed by atoms with E-state index < -0.39 is 23.3 Å². The Labute approximate surface area is 144 Å². The summed E-state index contributed by atoms with van der Waals surface area (Å²) in [6.07, 6.45) is 0.862.